The largest absolute Gasteiger partial charge is 0.467 e. The van der Waals surface area contributed by atoms with Crippen molar-refractivity contribution in [1.29, 1.82) is 0 Å². The molecule has 0 fully saturated rings. The van der Waals surface area contributed by atoms with Gasteiger partial charge in [0.1, 0.15) is 6.04 Å². The first kappa shape index (κ1) is 16.6. The molecule has 0 aliphatic rings. The SMILES string of the molecule is CNCC(C)C(=O)N[C@H](C)C(=O)OC.Cl. The zero-order chi connectivity index (χ0) is 11.1. The minimum atomic E-state index is -0.591. The van der Waals surface area contributed by atoms with Gasteiger partial charge in [-0.25, -0.2) is 4.79 Å². The van der Waals surface area contributed by atoms with Gasteiger partial charge in [-0.05, 0) is 14.0 Å². The van der Waals surface area contributed by atoms with E-state index >= 15 is 0 Å². The van der Waals surface area contributed by atoms with Gasteiger partial charge in [0.25, 0.3) is 0 Å². The molecular weight excluding hydrogens is 220 g/mol. The molecule has 0 bridgehead atoms. The first-order chi connectivity index (χ1) is 6.52. The summed E-state index contributed by atoms with van der Waals surface area (Å²) < 4.78 is 4.48. The van der Waals surface area contributed by atoms with E-state index in [2.05, 4.69) is 15.4 Å². The number of hydrogen-bond donors (Lipinski definition) is 2. The highest BCUT2D eigenvalue weighted by molar-refractivity contribution is 5.85. The first-order valence-corrected chi connectivity index (χ1v) is 4.55. The van der Waals surface area contributed by atoms with E-state index in [0.29, 0.717) is 6.54 Å². The van der Waals surface area contributed by atoms with Crippen molar-refractivity contribution in [2.24, 2.45) is 5.92 Å². The summed E-state index contributed by atoms with van der Waals surface area (Å²) >= 11 is 0. The van der Waals surface area contributed by atoms with Gasteiger partial charge >= 0.3 is 5.97 Å². The molecule has 5 nitrogen and oxygen atoms in total. The highest BCUT2D eigenvalue weighted by Crippen LogP contribution is 1.94. The summed E-state index contributed by atoms with van der Waals surface area (Å²) in [5.74, 6) is -0.751. The van der Waals surface area contributed by atoms with E-state index in [1.54, 1.807) is 20.9 Å². The number of amides is 1. The Morgan fingerprint density at radius 2 is 1.87 bits per heavy atom. The van der Waals surface area contributed by atoms with Crippen LogP contribution < -0.4 is 10.6 Å². The molecule has 0 aliphatic heterocycles. The molecule has 90 valence electrons. The van der Waals surface area contributed by atoms with Crippen molar-refractivity contribution >= 4 is 24.3 Å². The molecule has 0 heterocycles. The molecule has 0 spiro atoms. The molecule has 15 heavy (non-hydrogen) atoms. The van der Waals surface area contributed by atoms with Crippen LogP contribution in [-0.2, 0) is 14.3 Å². The Kier molecular flexibility index (Phi) is 9.41. The van der Waals surface area contributed by atoms with Gasteiger partial charge in [-0.1, -0.05) is 6.92 Å². The average molecular weight is 239 g/mol. The van der Waals surface area contributed by atoms with Gasteiger partial charge in [0.05, 0.1) is 7.11 Å². The van der Waals surface area contributed by atoms with E-state index in [9.17, 15) is 9.59 Å². The number of halogens is 1. The molecule has 2 atom stereocenters. The molecule has 0 saturated heterocycles. The number of carbonyl (C=O) groups excluding carboxylic acids is 2. The van der Waals surface area contributed by atoms with Gasteiger partial charge < -0.3 is 15.4 Å². The molecule has 2 N–H and O–H groups in total. The number of esters is 1. The van der Waals surface area contributed by atoms with E-state index in [4.69, 9.17) is 0 Å². The summed E-state index contributed by atoms with van der Waals surface area (Å²) in [6.45, 7) is 3.96. The summed E-state index contributed by atoms with van der Waals surface area (Å²) in [5.41, 5.74) is 0. The van der Waals surface area contributed by atoms with Gasteiger partial charge in [0.15, 0.2) is 0 Å². The van der Waals surface area contributed by atoms with Crippen LogP contribution in [-0.4, -0.2) is 38.6 Å². The molecule has 0 aromatic heterocycles. The minimum Gasteiger partial charge on any atom is -0.467 e. The lowest BCUT2D eigenvalue weighted by molar-refractivity contribution is -0.144. The topological polar surface area (TPSA) is 67.4 Å². The second kappa shape index (κ2) is 8.49. The number of rotatable bonds is 5. The van der Waals surface area contributed by atoms with Gasteiger partial charge in [0.2, 0.25) is 5.91 Å². The maximum absolute atomic E-state index is 11.4. The number of methoxy groups -OCH3 is 1. The standard InChI is InChI=1S/C9H18N2O3.ClH/c1-6(5-10-3)8(12)11-7(2)9(13)14-4;/h6-7,10H,5H2,1-4H3,(H,11,12);1H/t6?,7-;/m1./s1. The molecule has 0 saturated carbocycles. The van der Waals surface area contributed by atoms with Gasteiger partial charge in [-0.2, -0.15) is 0 Å². The Balaban J connectivity index is 0. The van der Waals surface area contributed by atoms with Crippen LogP contribution in [0.1, 0.15) is 13.8 Å². The molecule has 0 aromatic carbocycles. The summed E-state index contributed by atoms with van der Waals surface area (Å²) in [5, 5.41) is 5.45. The van der Waals surface area contributed by atoms with Crippen LogP contribution >= 0.6 is 12.4 Å². The highest BCUT2D eigenvalue weighted by atomic mass is 35.5. The quantitative estimate of drug-likeness (QED) is 0.659. The molecule has 1 amide bonds. The Labute approximate surface area is 96.3 Å². The number of nitrogens with one attached hydrogen (secondary N) is 2. The molecule has 0 aromatic rings. The minimum absolute atomic E-state index is 0. The first-order valence-electron chi connectivity index (χ1n) is 4.55. The van der Waals surface area contributed by atoms with Gasteiger partial charge in [0, 0.05) is 12.5 Å². The van der Waals surface area contributed by atoms with E-state index in [1.165, 1.54) is 7.11 Å². The lowest BCUT2D eigenvalue weighted by Gasteiger charge is -2.15. The fourth-order valence-electron chi connectivity index (χ4n) is 0.990. The average Bonchev–Trinajstić information content (AvgIpc) is 2.16. The predicted molar refractivity (Wildman–Crippen MR) is 60.0 cm³/mol. The van der Waals surface area contributed by atoms with Crippen molar-refractivity contribution in [2.45, 2.75) is 19.9 Å². The van der Waals surface area contributed by atoms with Crippen LogP contribution in [0.5, 0.6) is 0 Å². The van der Waals surface area contributed by atoms with Crippen LogP contribution in [0.2, 0.25) is 0 Å². The van der Waals surface area contributed by atoms with Crippen LogP contribution in [0.4, 0.5) is 0 Å². The fraction of sp³-hybridized carbons (Fsp3) is 0.778. The normalized spacial score (nSPS) is 13.3. The molecular formula is C9H19ClN2O3. The predicted octanol–water partition coefficient (Wildman–Crippen LogP) is -0.0586. The fourth-order valence-corrected chi connectivity index (χ4v) is 0.990. The molecule has 1 unspecified atom stereocenters. The number of carbonyl (C=O) groups is 2. The second-order valence-electron chi connectivity index (χ2n) is 3.21. The summed E-state index contributed by atoms with van der Waals surface area (Å²) in [6, 6.07) is -0.591. The maximum Gasteiger partial charge on any atom is 0.328 e. The van der Waals surface area contributed by atoms with Gasteiger partial charge in [-0.15, -0.1) is 12.4 Å². The summed E-state index contributed by atoms with van der Waals surface area (Å²) in [6.07, 6.45) is 0. The van der Waals surface area contributed by atoms with Crippen LogP contribution in [0.3, 0.4) is 0 Å². The van der Waals surface area contributed by atoms with Crippen LogP contribution in [0, 0.1) is 5.92 Å². The van der Waals surface area contributed by atoms with Crippen LogP contribution in [0.15, 0.2) is 0 Å². The van der Waals surface area contributed by atoms with Crippen molar-refractivity contribution in [3.8, 4) is 0 Å². The zero-order valence-electron chi connectivity index (χ0n) is 9.49. The number of ether oxygens (including phenoxy) is 1. The van der Waals surface area contributed by atoms with E-state index < -0.39 is 12.0 Å². The molecule has 6 heteroatoms. The summed E-state index contributed by atoms with van der Waals surface area (Å²) in [7, 11) is 3.07. The highest BCUT2D eigenvalue weighted by Gasteiger charge is 2.19. The molecule has 0 rings (SSSR count). The molecule has 0 aliphatic carbocycles. The van der Waals surface area contributed by atoms with Crippen molar-refractivity contribution in [3.05, 3.63) is 0 Å². The third-order valence-electron chi connectivity index (χ3n) is 1.87. The lowest BCUT2D eigenvalue weighted by Crippen LogP contribution is -2.43. The zero-order valence-corrected chi connectivity index (χ0v) is 10.3. The van der Waals surface area contributed by atoms with Crippen LogP contribution in [0.25, 0.3) is 0 Å². The third-order valence-corrected chi connectivity index (χ3v) is 1.87. The number of hydrogen-bond acceptors (Lipinski definition) is 4. The Bertz CT molecular complexity index is 212. The second-order valence-corrected chi connectivity index (χ2v) is 3.21. The van der Waals surface area contributed by atoms with E-state index in [0.717, 1.165) is 0 Å². The van der Waals surface area contributed by atoms with Crippen molar-refractivity contribution in [2.75, 3.05) is 20.7 Å². The molecule has 0 radical (unpaired) electrons. The van der Waals surface area contributed by atoms with Crippen molar-refractivity contribution in [3.63, 3.8) is 0 Å². The Morgan fingerprint density at radius 3 is 2.27 bits per heavy atom. The van der Waals surface area contributed by atoms with Crippen molar-refractivity contribution < 1.29 is 14.3 Å². The Morgan fingerprint density at radius 1 is 1.33 bits per heavy atom. The van der Waals surface area contributed by atoms with E-state index in [1.807, 2.05) is 0 Å². The third kappa shape index (κ3) is 6.30. The van der Waals surface area contributed by atoms with Crippen molar-refractivity contribution in [1.82, 2.24) is 10.6 Å². The Hall–Kier alpha value is -0.810. The monoisotopic (exact) mass is 238 g/mol. The smallest absolute Gasteiger partial charge is 0.328 e. The summed E-state index contributed by atoms with van der Waals surface area (Å²) in [4.78, 5) is 22.4. The van der Waals surface area contributed by atoms with E-state index in [-0.39, 0.29) is 24.2 Å². The van der Waals surface area contributed by atoms with Gasteiger partial charge in [-0.3, -0.25) is 4.79 Å². The lowest BCUT2D eigenvalue weighted by atomic mass is 10.1. The maximum atomic E-state index is 11.4.